The average molecular weight is 289 g/mol. The van der Waals surface area contributed by atoms with E-state index in [0.29, 0.717) is 24.2 Å². The zero-order valence-electron chi connectivity index (χ0n) is 10.9. The van der Waals surface area contributed by atoms with Crippen molar-refractivity contribution in [3.63, 3.8) is 0 Å². The van der Waals surface area contributed by atoms with Crippen LogP contribution in [-0.4, -0.2) is 6.54 Å². The largest absolute Gasteiger partial charge is 0.338 e. The fourth-order valence-corrected chi connectivity index (χ4v) is 2.33. The number of nitriles is 1. The minimum atomic E-state index is -0.329. The van der Waals surface area contributed by atoms with Gasteiger partial charge in [-0.3, -0.25) is 0 Å². The zero-order valence-corrected chi connectivity index (χ0v) is 11.6. The Labute approximate surface area is 123 Å². The minimum Gasteiger partial charge on any atom is -0.338 e. The molecule has 4 heteroatoms. The van der Waals surface area contributed by atoms with E-state index >= 15 is 0 Å². The van der Waals surface area contributed by atoms with Gasteiger partial charge in [-0.05, 0) is 23.8 Å². The predicted octanol–water partition coefficient (Wildman–Crippen LogP) is 4.62. The molecule has 0 bridgehead atoms. The quantitative estimate of drug-likeness (QED) is 0.751. The fourth-order valence-electron chi connectivity index (χ4n) is 2.11. The van der Waals surface area contributed by atoms with E-state index < -0.39 is 0 Å². The van der Waals surface area contributed by atoms with Crippen molar-refractivity contribution in [3.8, 4) is 6.07 Å². The number of nitrogens with zero attached hydrogens (tertiary/aromatic N) is 2. The third-order valence-electron chi connectivity index (χ3n) is 3.00. The Morgan fingerprint density at radius 3 is 2.50 bits per heavy atom. The predicted molar refractivity (Wildman–Crippen MR) is 79.6 cm³/mol. The summed E-state index contributed by atoms with van der Waals surface area (Å²) < 4.78 is 14.2. The van der Waals surface area contributed by atoms with E-state index in [1.54, 1.807) is 17.0 Å². The van der Waals surface area contributed by atoms with Crippen LogP contribution in [0.15, 0.2) is 48.5 Å². The topological polar surface area (TPSA) is 27.0 Å². The molecule has 20 heavy (non-hydrogen) atoms. The first-order chi connectivity index (χ1) is 9.77. The normalized spacial score (nSPS) is 10.1. The third-order valence-corrected chi connectivity index (χ3v) is 3.29. The van der Waals surface area contributed by atoms with Crippen LogP contribution in [0, 0.1) is 17.1 Å². The molecule has 0 atom stereocenters. The van der Waals surface area contributed by atoms with E-state index in [-0.39, 0.29) is 11.7 Å². The highest BCUT2D eigenvalue weighted by Gasteiger charge is 2.17. The Morgan fingerprint density at radius 2 is 1.85 bits per heavy atom. The molecule has 0 aromatic heterocycles. The van der Waals surface area contributed by atoms with Gasteiger partial charge in [0.2, 0.25) is 0 Å². The van der Waals surface area contributed by atoms with Gasteiger partial charge in [0.15, 0.2) is 0 Å². The van der Waals surface area contributed by atoms with Crippen molar-refractivity contribution >= 4 is 23.0 Å². The lowest BCUT2D eigenvalue weighted by Gasteiger charge is -2.26. The van der Waals surface area contributed by atoms with Gasteiger partial charge in [-0.1, -0.05) is 30.3 Å². The first-order valence-corrected chi connectivity index (χ1v) is 6.84. The van der Waals surface area contributed by atoms with Crippen LogP contribution in [0.5, 0.6) is 0 Å². The van der Waals surface area contributed by atoms with Crippen LogP contribution < -0.4 is 4.90 Å². The van der Waals surface area contributed by atoms with Crippen molar-refractivity contribution in [2.75, 3.05) is 11.4 Å². The molecule has 2 aromatic carbocycles. The minimum absolute atomic E-state index is 0.225. The molecule has 0 aliphatic carbocycles. The van der Waals surface area contributed by atoms with E-state index in [1.807, 2.05) is 30.3 Å². The van der Waals surface area contributed by atoms with Crippen LogP contribution in [0.2, 0.25) is 0 Å². The van der Waals surface area contributed by atoms with Crippen molar-refractivity contribution in [2.45, 2.75) is 12.3 Å². The second kappa shape index (κ2) is 6.93. The van der Waals surface area contributed by atoms with Crippen LogP contribution in [0.4, 0.5) is 15.8 Å². The molecule has 0 aliphatic rings. The molecule has 0 radical (unpaired) electrons. The SMILES string of the molecule is N#CCCN(c1ccccc1)c1c(F)cccc1CCl. The number of halogens is 2. The molecule has 2 nitrogen and oxygen atoms in total. The van der Waals surface area contributed by atoms with Gasteiger partial charge in [0.1, 0.15) is 5.82 Å². The smallest absolute Gasteiger partial charge is 0.147 e. The molecule has 2 aromatic rings. The van der Waals surface area contributed by atoms with Gasteiger partial charge in [-0.25, -0.2) is 4.39 Å². The molecular formula is C16H14ClFN2. The molecule has 0 fully saturated rings. The van der Waals surface area contributed by atoms with Crippen LogP contribution >= 0.6 is 11.6 Å². The Bertz CT molecular complexity index is 608. The highest BCUT2D eigenvalue weighted by molar-refractivity contribution is 6.17. The van der Waals surface area contributed by atoms with Crippen molar-refractivity contribution in [2.24, 2.45) is 0 Å². The summed E-state index contributed by atoms with van der Waals surface area (Å²) in [6.07, 6.45) is 0.310. The summed E-state index contributed by atoms with van der Waals surface area (Å²) in [6, 6.07) is 16.4. The molecule has 0 amide bonds. The summed E-state index contributed by atoms with van der Waals surface area (Å²) in [7, 11) is 0. The number of alkyl halides is 1. The Morgan fingerprint density at radius 1 is 1.10 bits per heavy atom. The van der Waals surface area contributed by atoms with Gasteiger partial charge in [0.05, 0.1) is 18.2 Å². The summed E-state index contributed by atoms with van der Waals surface area (Å²) >= 11 is 5.91. The number of hydrogen-bond acceptors (Lipinski definition) is 2. The number of anilines is 2. The monoisotopic (exact) mass is 288 g/mol. The van der Waals surface area contributed by atoms with Gasteiger partial charge >= 0.3 is 0 Å². The Kier molecular flexibility index (Phi) is 4.97. The van der Waals surface area contributed by atoms with Crippen LogP contribution in [0.1, 0.15) is 12.0 Å². The van der Waals surface area contributed by atoms with Crippen molar-refractivity contribution in [1.29, 1.82) is 5.26 Å². The van der Waals surface area contributed by atoms with Crippen LogP contribution in [0.3, 0.4) is 0 Å². The summed E-state index contributed by atoms with van der Waals surface area (Å²) in [4.78, 5) is 1.80. The lowest BCUT2D eigenvalue weighted by molar-refractivity contribution is 0.623. The maximum atomic E-state index is 14.2. The maximum Gasteiger partial charge on any atom is 0.147 e. The molecule has 0 spiro atoms. The second-order valence-electron chi connectivity index (χ2n) is 4.28. The van der Waals surface area contributed by atoms with Crippen LogP contribution in [-0.2, 0) is 5.88 Å². The Balaban J connectivity index is 2.50. The van der Waals surface area contributed by atoms with Gasteiger partial charge in [-0.15, -0.1) is 11.6 Å². The second-order valence-corrected chi connectivity index (χ2v) is 4.54. The molecule has 0 saturated carbocycles. The molecule has 0 unspecified atom stereocenters. The number of hydrogen-bond donors (Lipinski definition) is 0. The first kappa shape index (κ1) is 14.4. The van der Waals surface area contributed by atoms with Crippen molar-refractivity contribution in [1.82, 2.24) is 0 Å². The third kappa shape index (κ3) is 3.09. The molecule has 0 saturated heterocycles. The van der Waals surface area contributed by atoms with E-state index in [0.717, 1.165) is 5.69 Å². The van der Waals surface area contributed by atoms with E-state index in [4.69, 9.17) is 16.9 Å². The molecule has 102 valence electrons. The summed E-state index contributed by atoms with van der Waals surface area (Å²) in [5, 5.41) is 8.81. The summed E-state index contributed by atoms with van der Waals surface area (Å²) in [6.45, 7) is 0.422. The van der Waals surface area contributed by atoms with Crippen molar-refractivity contribution < 1.29 is 4.39 Å². The van der Waals surface area contributed by atoms with E-state index in [2.05, 4.69) is 6.07 Å². The fraction of sp³-hybridized carbons (Fsp3) is 0.188. The number of para-hydroxylation sites is 2. The van der Waals surface area contributed by atoms with Gasteiger partial charge < -0.3 is 4.90 Å². The molecule has 0 aliphatic heterocycles. The average Bonchev–Trinajstić information content (AvgIpc) is 2.50. The van der Waals surface area contributed by atoms with Gasteiger partial charge in [-0.2, -0.15) is 5.26 Å². The molecule has 0 N–H and O–H groups in total. The lowest BCUT2D eigenvalue weighted by Crippen LogP contribution is -2.20. The zero-order chi connectivity index (χ0) is 14.4. The molecule has 0 heterocycles. The van der Waals surface area contributed by atoms with Gasteiger partial charge in [0.25, 0.3) is 0 Å². The highest BCUT2D eigenvalue weighted by Crippen LogP contribution is 2.32. The van der Waals surface area contributed by atoms with Crippen LogP contribution in [0.25, 0.3) is 0 Å². The summed E-state index contributed by atoms with van der Waals surface area (Å²) in [5.41, 5.74) is 2.01. The van der Waals surface area contributed by atoms with Gasteiger partial charge in [0, 0.05) is 18.1 Å². The molecule has 2 rings (SSSR count). The van der Waals surface area contributed by atoms with E-state index in [9.17, 15) is 4.39 Å². The van der Waals surface area contributed by atoms with Crippen molar-refractivity contribution in [3.05, 3.63) is 59.9 Å². The van der Waals surface area contributed by atoms with E-state index in [1.165, 1.54) is 6.07 Å². The Hall–Kier alpha value is -2.05. The standard InChI is InChI=1S/C16H14ClFN2/c17-12-13-6-4-9-15(18)16(13)20(11-5-10-19)14-7-2-1-3-8-14/h1-4,6-9H,5,11-12H2. The number of rotatable bonds is 5. The lowest BCUT2D eigenvalue weighted by atomic mass is 10.1. The summed E-state index contributed by atoms with van der Waals surface area (Å²) in [5.74, 6) is -0.104. The first-order valence-electron chi connectivity index (χ1n) is 6.31. The number of benzene rings is 2. The molecular weight excluding hydrogens is 275 g/mol. The highest BCUT2D eigenvalue weighted by atomic mass is 35.5. The maximum absolute atomic E-state index is 14.2.